The van der Waals surface area contributed by atoms with E-state index in [0.29, 0.717) is 17.9 Å². The van der Waals surface area contributed by atoms with E-state index in [1.54, 1.807) is 12.1 Å². The van der Waals surface area contributed by atoms with Gasteiger partial charge in [0.25, 0.3) is 5.91 Å². The van der Waals surface area contributed by atoms with Crippen molar-refractivity contribution in [3.8, 4) is 5.75 Å². The van der Waals surface area contributed by atoms with E-state index in [-0.39, 0.29) is 5.91 Å². The average molecular weight is 298 g/mol. The van der Waals surface area contributed by atoms with E-state index in [1.165, 1.54) is 0 Å². The number of ether oxygens (including phenoxy) is 1. The fraction of sp³-hybridized carbons (Fsp3) is 0.278. The van der Waals surface area contributed by atoms with Crippen LogP contribution in [0.4, 0.5) is 11.4 Å². The second kappa shape index (κ2) is 6.98. The van der Waals surface area contributed by atoms with Crippen LogP contribution in [0.5, 0.6) is 5.75 Å². The third-order valence-electron chi connectivity index (χ3n) is 3.47. The number of aryl methyl sites for hydroxylation is 2. The van der Waals surface area contributed by atoms with Crippen LogP contribution in [0.25, 0.3) is 0 Å². The largest absolute Gasteiger partial charge is 0.481 e. The van der Waals surface area contributed by atoms with Crippen molar-refractivity contribution in [1.82, 2.24) is 0 Å². The van der Waals surface area contributed by atoms with Gasteiger partial charge in [0, 0.05) is 11.4 Å². The molecule has 22 heavy (non-hydrogen) atoms. The fourth-order valence-electron chi connectivity index (χ4n) is 2.14. The van der Waals surface area contributed by atoms with E-state index >= 15 is 0 Å². The lowest BCUT2D eigenvalue weighted by Crippen LogP contribution is -2.32. The summed E-state index contributed by atoms with van der Waals surface area (Å²) in [6.07, 6.45) is 0.0629. The van der Waals surface area contributed by atoms with E-state index in [1.807, 2.05) is 51.1 Å². The van der Waals surface area contributed by atoms with E-state index < -0.39 is 6.10 Å². The van der Waals surface area contributed by atoms with Gasteiger partial charge in [-0.1, -0.05) is 24.6 Å². The highest BCUT2D eigenvalue weighted by Gasteiger charge is 2.19. The zero-order chi connectivity index (χ0) is 16.1. The monoisotopic (exact) mass is 298 g/mol. The molecule has 0 aliphatic carbocycles. The van der Waals surface area contributed by atoms with Crippen LogP contribution in [0.15, 0.2) is 42.5 Å². The van der Waals surface area contributed by atoms with Crippen molar-refractivity contribution in [1.29, 1.82) is 0 Å². The molecule has 0 bridgehead atoms. The zero-order valence-electron chi connectivity index (χ0n) is 13.2. The molecular formula is C18H22N2O2. The molecule has 1 amide bonds. The molecule has 3 N–H and O–H groups in total. The minimum atomic E-state index is -0.528. The third kappa shape index (κ3) is 4.01. The van der Waals surface area contributed by atoms with Gasteiger partial charge < -0.3 is 15.8 Å². The molecule has 0 spiro atoms. The molecule has 0 fully saturated rings. The summed E-state index contributed by atoms with van der Waals surface area (Å²) in [4.78, 5) is 12.4. The molecule has 4 heteroatoms. The molecule has 0 saturated heterocycles. The lowest BCUT2D eigenvalue weighted by molar-refractivity contribution is -0.122. The number of amides is 1. The summed E-state index contributed by atoms with van der Waals surface area (Å²) in [6, 6.07) is 13.1. The predicted octanol–water partition coefficient (Wildman–Crippen LogP) is 3.68. The maximum absolute atomic E-state index is 12.4. The van der Waals surface area contributed by atoms with Crippen molar-refractivity contribution in [2.75, 3.05) is 11.1 Å². The molecule has 0 saturated carbocycles. The van der Waals surface area contributed by atoms with Gasteiger partial charge >= 0.3 is 0 Å². The summed E-state index contributed by atoms with van der Waals surface area (Å²) in [6.45, 7) is 5.85. The number of anilines is 2. The van der Waals surface area contributed by atoms with Crippen molar-refractivity contribution in [2.45, 2.75) is 33.3 Å². The van der Waals surface area contributed by atoms with E-state index in [9.17, 15) is 4.79 Å². The Labute approximate surface area is 131 Å². The second-order valence-corrected chi connectivity index (χ2v) is 5.39. The van der Waals surface area contributed by atoms with Gasteiger partial charge in [-0.3, -0.25) is 4.79 Å². The number of nitrogen functional groups attached to an aromatic ring is 1. The summed E-state index contributed by atoms with van der Waals surface area (Å²) in [7, 11) is 0. The maximum atomic E-state index is 12.4. The molecule has 4 nitrogen and oxygen atoms in total. The van der Waals surface area contributed by atoms with Crippen molar-refractivity contribution in [3.05, 3.63) is 53.6 Å². The van der Waals surface area contributed by atoms with Crippen molar-refractivity contribution in [3.63, 3.8) is 0 Å². The molecule has 0 radical (unpaired) electrons. The number of nitrogens with two attached hydrogens (primary N) is 1. The van der Waals surface area contributed by atoms with Crippen LogP contribution in [0.1, 0.15) is 24.5 Å². The standard InChI is InChI=1S/C18H22N2O2/c1-4-17(22-15-8-5-12(2)6-9-15)18(21)20-16-10-7-14(19)11-13(16)3/h5-11,17H,4,19H2,1-3H3,(H,20,21)/t17-/m1/s1. The first-order valence-electron chi connectivity index (χ1n) is 7.40. The van der Waals surface area contributed by atoms with Gasteiger partial charge in [-0.15, -0.1) is 0 Å². The number of carbonyl (C=O) groups excluding carboxylic acids is 1. The molecule has 2 aromatic rings. The highest BCUT2D eigenvalue weighted by Crippen LogP contribution is 2.19. The van der Waals surface area contributed by atoms with Crippen LogP contribution in [0.3, 0.4) is 0 Å². The number of hydrogen-bond donors (Lipinski definition) is 2. The quantitative estimate of drug-likeness (QED) is 0.828. The highest BCUT2D eigenvalue weighted by atomic mass is 16.5. The number of rotatable bonds is 5. The zero-order valence-corrected chi connectivity index (χ0v) is 13.2. The summed E-state index contributed by atoms with van der Waals surface area (Å²) in [5, 5.41) is 2.90. The first-order valence-corrected chi connectivity index (χ1v) is 7.40. The lowest BCUT2D eigenvalue weighted by atomic mass is 10.1. The Bertz CT molecular complexity index is 651. The Morgan fingerprint density at radius 3 is 2.45 bits per heavy atom. The van der Waals surface area contributed by atoms with Crippen LogP contribution in [-0.2, 0) is 4.79 Å². The summed E-state index contributed by atoms with van der Waals surface area (Å²) >= 11 is 0. The summed E-state index contributed by atoms with van der Waals surface area (Å²) in [5.74, 6) is 0.539. The third-order valence-corrected chi connectivity index (χ3v) is 3.47. The molecule has 2 rings (SSSR count). The van der Waals surface area contributed by atoms with Gasteiger partial charge in [-0.05, 0) is 56.2 Å². The molecule has 2 aromatic carbocycles. The summed E-state index contributed by atoms with van der Waals surface area (Å²) in [5.41, 5.74) is 9.24. The van der Waals surface area contributed by atoms with Gasteiger partial charge in [0.05, 0.1) is 0 Å². The van der Waals surface area contributed by atoms with Crippen molar-refractivity contribution in [2.24, 2.45) is 0 Å². The Morgan fingerprint density at radius 1 is 1.18 bits per heavy atom. The van der Waals surface area contributed by atoms with E-state index in [0.717, 1.165) is 16.8 Å². The van der Waals surface area contributed by atoms with E-state index in [4.69, 9.17) is 10.5 Å². The van der Waals surface area contributed by atoms with Crippen LogP contribution in [-0.4, -0.2) is 12.0 Å². The van der Waals surface area contributed by atoms with E-state index in [2.05, 4.69) is 5.32 Å². The normalized spacial score (nSPS) is 11.8. The number of nitrogens with one attached hydrogen (secondary N) is 1. The van der Waals surface area contributed by atoms with Crippen LogP contribution in [0, 0.1) is 13.8 Å². The number of carbonyl (C=O) groups is 1. The Hall–Kier alpha value is -2.49. The molecule has 0 aromatic heterocycles. The first kappa shape index (κ1) is 15.9. The molecular weight excluding hydrogens is 276 g/mol. The number of benzene rings is 2. The number of hydrogen-bond acceptors (Lipinski definition) is 3. The fourth-order valence-corrected chi connectivity index (χ4v) is 2.14. The molecule has 0 aliphatic heterocycles. The Balaban J connectivity index is 2.06. The topological polar surface area (TPSA) is 64.3 Å². The van der Waals surface area contributed by atoms with Gasteiger partial charge in [0.15, 0.2) is 6.10 Å². The highest BCUT2D eigenvalue weighted by molar-refractivity contribution is 5.95. The molecule has 0 unspecified atom stereocenters. The molecule has 116 valence electrons. The molecule has 1 atom stereocenters. The Morgan fingerprint density at radius 2 is 1.86 bits per heavy atom. The van der Waals surface area contributed by atoms with Gasteiger partial charge in [0.1, 0.15) is 5.75 Å². The van der Waals surface area contributed by atoms with Crippen LogP contribution < -0.4 is 15.8 Å². The van der Waals surface area contributed by atoms with Gasteiger partial charge in [0.2, 0.25) is 0 Å². The minimum absolute atomic E-state index is 0.157. The van der Waals surface area contributed by atoms with Gasteiger partial charge in [-0.25, -0.2) is 0 Å². The maximum Gasteiger partial charge on any atom is 0.265 e. The van der Waals surface area contributed by atoms with Crippen LogP contribution >= 0.6 is 0 Å². The molecule has 0 aliphatic rings. The van der Waals surface area contributed by atoms with Crippen LogP contribution in [0.2, 0.25) is 0 Å². The van der Waals surface area contributed by atoms with Gasteiger partial charge in [-0.2, -0.15) is 0 Å². The second-order valence-electron chi connectivity index (χ2n) is 5.39. The first-order chi connectivity index (χ1) is 10.5. The molecule has 0 heterocycles. The smallest absolute Gasteiger partial charge is 0.265 e. The minimum Gasteiger partial charge on any atom is -0.481 e. The average Bonchev–Trinajstić information content (AvgIpc) is 2.49. The predicted molar refractivity (Wildman–Crippen MR) is 90.1 cm³/mol. The summed E-state index contributed by atoms with van der Waals surface area (Å²) < 4.78 is 5.78. The van der Waals surface area contributed by atoms with Crippen molar-refractivity contribution >= 4 is 17.3 Å². The SMILES string of the molecule is CC[C@@H](Oc1ccc(C)cc1)C(=O)Nc1ccc(N)cc1C. The Kier molecular flexibility index (Phi) is 5.04. The lowest BCUT2D eigenvalue weighted by Gasteiger charge is -2.18. The van der Waals surface area contributed by atoms with Crippen molar-refractivity contribution < 1.29 is 9.53 Å².